The van der Waals surface area contributed by atoms with Crippen molar-refractivity contribution in [2.75, 3.05) is 20.1 Å². The molecular weight excluding hydrogens is 326 g/mol. The summed E-state index contributed by atoms with van der Waals surface area (Å²) in [6.07, 6.45) is 0.697. The van der Waals surface area contributed by atoms with Gasteiger partial charge in [-0.15, -0.1) is 0 Å². The second-order valence-electron chi connectivity index (χ2n) is 7.94. The molecule has 0 aliphatic carbocycles. The number of aliphatic carboxylic acids is 1. The van der Waals surface area contributed by atoms with Gasteiger partial charge in [0, 0.05) is 26.2 Å². The van der Waals surface area contributed by atoms with Crippen molar-refractivity contribution in [3.05, 3.63) is 0 Å². The van der Waals surface area contributed by atoms with Crippen molar-refractivity contribution < 1.29 is 24.2 Å². The Balaban J connectivity index is 2.71. The Bertz CT molecular complexity index is 521. The van der Waals surface area contributed by atoms with E-state index in [0.717, 1.165) is 0 Å². The molecule has 0 aromatic heterocycles. The Labute approximate surface area is 149 Å². The molecule has 0 unspecified atom stereocenters. The van der Waals surface area contributed by atoms with Crippen molar-refractivity contribution in [1.82, 2.24) is 9.80 Å². The SMILES string of the molecule is CC(C)[C@@](N)(C(=O)O)C(=O)N1CCC(N(C)C(=O)OC(C)(C)C)CC1. The first-order chi connectivity index (χ1) is 11.3. The van der Waals surface area contributed by atoms with Gasteiger partial charge in [-0.25, -0.2) is 9.59 Å². The normalized spacial score (nSPS) is 18.6. The van der Waals surface area contributed by atoms with Crippen LogP contribution in [0.25, 0.3) is 0 Å². The Hall–Kier alpha value is -1.83. The van der Waals surface area contributed by atoms with Crippen LogP contribution in [0.4, 0.5) is 4.79 Å². The van der Waals surface area contributed by atoms with Crippen molar-refractivity contribution in [3.63, 3.8) is 0 Å². The Morgan fingerprint density at radius 1 is 1.20 bits per heavy atom. The number of nitrogens with two attached hydrogens (primary N) is 1. The number of ether oxygens (including phenoxy) is 1. The molecule has 1 fully saturated rings. The molecule has 3 N–H and O–H groups in total. The summed E-state index contributed by atoms with van der Waals surface area (Å²) in [5.74, 6) is -2.42. The minimum atomic E-state index is -1.93. The molecule has 2 amide bonds. The van der Waals surface area contributed by atoms with E-state index in [1.54, 1.807) is 46.6 Å². The fourth-order valence-electron chi connectivity index (χ4n) is 2.79. The summed E-state index contributed by atoms with van der Waals surface area (Å²) in [7, 11) is 1.68. The maximum atomic E-state index is 12.6. The van der Waals surface area contributed by atoms with Gasteiger partial charge in [0.25, 0.3) is 5.91 Å². The molecule has 25 heavy (non-hydrogen) atoms. The van der Waals surface area contributed by atoms with Crippen LogP contribution >= 0.6 is 0 Å². The third-order valence-corrected chi connectivity index (χ3v) is 4.60. The van der Waals surface area contributed by atoms with Gasteiger partial charge >= 0.3 is 12.1 Å². The number of amides is 2. The maximum Gasteiger partial charge on any atom is 0.410 e. The van der Waals surface area contributed by atoms with Gasteiger partial charge in [0.1, 0.15) is 5.60 Å². The summed E-state index contributed by atoms with van der Waals surface area (Å²) < 4.78 is 5.35. The summed E-state index contributed by atoms with van der Waals surface area (Å²) in [4.78, 5) is 39.3. The standard InChI is InChI=1S/C17H31N3O5/c1-11(2)17(18,14(22)23)13(21)20-9-7-12(8-10-20)19(6)15(24)25-16(3,4)5/h11-12H,7-10,18H2,1-6H3,(H,22,23)/t17-/m0/s1. The van der Waals surface area contributed by atoms with Crippen molar-refractivity contribution >= 4 is 18.0 Å². The van der Waals surface area contributed by atoms with Crippen LogP contribution < -0.4 is 5.73 Å². The van der Waals surface area contributed by atoms with E-state index in [1.807, 2.05) is 0 Å². The van der Waals surface area contributed by atoms with Crippen LogP contribution in [0.2, 0.25) is 0 Å². The molecule has 1 aliphatic heterocycles. The number of carboxylic acid groups (broad SMARTS) is 1. The highest BCUT2D eigenvalue weighted by Crippen LogP contribution is 2.23. The van der Waals surface area contributed by atoms with Crippen LogP contribution in [0.5, 0.6) is 0 Å². The molecule has 8 heteroatoms. The van der Waals surface area contributed by atoms with Crippen LogP contribution in [-0.4, -0.2) is 70.2 Å². The molecule has 8 nitrogen and oxygen atoms in total. The lowest BCUT2D eigenvalue weighted by Crippen LogP contribution is -2.65. The monoisotopic (exact) mass is 357 g/mol. The van der Waals surface area contributed by atoms with Gasteiger partial charge in [-0.2, -0.15) is 0 Å². The molecule has 1 heterocycles. The van der Waals surface area contributed by atoms with E-state index in [0.29, 0.717) is 25.9 Å². The zero-order chi connectivity index (χ0) is 19.6. The average Bonchev–Trinajstić information content (AvgIpc) is 2.50. The third-order valence-electron chi connectivity index (χ3n) is 4.60. The second-order valence-corrected chi connectivity index (χ2v) is 7.94. The summed E-state index contributed by atoms with van der Waals surface area (Å²) in [5.41, 5.74) is 3.40. The second kappa shape index (κ2) is 7.59. The predicted octanol–water partition coefficient (Wildman–Crippen LogP) is 1.28. The van der Waals surface area contributed by atoms with E-state index in [2.05, 4.69) is 0 Å². The molecule has 0 saturated carbocycles. The van der Waals surface area contributed by atoms with Crippen molar-refractivity contribution in [2.45, 2.75) is 64.6 Å². The van der Waals surface area contributed by atoms with Crippen molar-refractivity contribution in [1.29, 1.82) is 0 Å². The molecule has 0 aromatic rings. The van der Waals surface area contributed by atoms with Crippen LogP contribution in [0, 0.1) is 5.92 Å². The molecule has 0 bridgehead atoms. The van der Waals surface area contributed by atoms with E-state index >= 15 is 0 Å². The Morgan fingerprint density at radius 2 is 1.68 bits per heavy atom. The lowest BCUT2D eigenvalue weighted by Gasteiger charge is -2.40. The Kier molecular flexibility index (Phi) is 6.44. The van der Waals surface area contributed by atoms with E-state index in [-0.39, 0.29) is 6.04 Å². The predicted molar refractivity (Wildman–Crippen MR) is 93.0 cm³/mol. The van der Waals surface area contributed by atoms with E-state index in [4.69, 9.17) is 10.5 Å². The molecule has 1 saturated heterocycles. The van der Waals surface area contributed by atoms with Gasteiger partial charge in [-0.1, -0.05) is 13.8 Å². The van der Waals surface area contributed by atoms with Gasteiger partial charge in [0.05, 0.1) is 0 Å². The van der Waals surface area contributed by atoms with Gasteiger partial charge in [-0.3, -0.25) is 4.79 Å². The fourth-order valence-corrected chi connectivity index (χ4v) is 2.79. The minimum Gasteiger partial charge on any atom is -0.479 e. The van der Waals surface area contributed by atoms with Gasteiger partial charge in [-0.05, 0) is 39.5 Å². The van der Waals surface area contributed by atoms with E-state index in [1.165, 1.54) is 4.90 Å². The lowest BCUT2D eigenvalue weighted by molar-refractivity contribution is -0.156. The largest absolute Gasteiger partial charge is 0.479 e. The Morgan fingerprint density at radius 3 is 2.04 bits per heavy atom. The number of piperidine rings is 1. The molecule has 1 aliphatic rings. The number of likely N-dealkylation sites (tertiary alicyclic amines) is 1. The van der Waals surface area contributed by atoms with Crippen LogP contribution in [-0.2, 0) is 14.3 Å². The number of carboxylic acids is 1. The molecule has 0 radical (unpaired) electrons. The molecule has 0 spiro atoms. The smallest absolute Gasteiger partial charge is 0.410 e. The van der Waals surface area contributed by atoms with Gasteiger partial charge in [0.15, 0.2) is 5.54 Å². The maximum absolute atomic E-state index is 12.6. The first kappa shape index (κ1) is 21.2. The molecule has 1 atom stereocenters. The first-order valence-corrected chi connectivity index (χ1v) is 8.58. The van der Waals surface area contributed by atoms with Crippen molar-refractivity contribution in [2.24, 2.45) is 11.7 Å². The average molecular weight is 357 g/mol. The molecule has 144 valence electrons. The third kappa shape index (κ3) is 4.84. The van der Waals surface area contributed by atoms with Crippen molar-refractivity contribution in [3.8, 4) is 0 Å². The highest BCUT2D eigenvalue weighted by Gasteiger charge is 2.48. The molecular formula is C17H31N3O5. The van der Waals surface area contributed by atoms with E-state index < -0.39 is 35.0 Å². The number of rotatable bonds is 4. The first-order valence-electron chi connectivity index (χ1n) is 8.58. The topological polar surface area (TPSA) is 113 Å². The van der Waals surface area contributed by atoms with Crippen LogP contribution in [0.15, 0.2) is 0 Å². The highest BCUT2D eigenvalue weighted by molar-refractivity contribution is 6.06. The number of hydrogen-bond donors (Lipinski definition) is 2. The molecule has 1 rings (SSSR count). The zero-order valence-electron chi connectivity index (χ0n) is 16.0. The summed E-state index contributed by atoms with van der Waals surface area (Å²) in [6.45, 7) is 9.37. The van der Waals surface area contributed by atoms with Gasteiger partial charge in [0.2, 0.25) is 0 Å². The van der Waals surface area contributed by atoms with Gasteiger partial charge < -0.3 is 25.4 Å². The highest BCUT2D eigenvalue weighted by atomic mass is 16.6. The summed E-state index contributed by atoms with van der Waals surface area (Å²) in [5, 5.41) is 9.38. The summed E-state index contributed by atoms with van der Waals surface area (Å²) >= 11 is 0. The number of hydrogen-bond acceptors (Lipinski definition) is 5. The minimum absolute atomic E-state index is 0.0602. The fraction of sp³-hybridized carbons (Fsp3) is 0.824. The quantitative estimate of drug-likeness (QED) is 0.733. The van der Waals surface area contributed by atoms with Crippen LogP contribution in [0.1, 0.15) is 47.5 Å². The molecule has 0 aromatic carbocycles. The summed E-state index contributed by atoms with van der Waals surface area (Å²) in [6, 6.07) is -0.0602. The number of carbonyl (C=O) groups is 3. The zero-order valence-corrected chi connectivity index (χ0v) is 16.0. The lowest BCUT2D eigenvalue weighted by atomic mass is 9.85. The number of carbonyl (C=O) groups excluding carboxylic acids is 2. The number of nitrogens with zero attached hydrogens (tertiary/aromatic N) is 2. The van der Waals surface area contributed by atoms with Crippen LogP contribution in [0.3, 0.4) is 0 Å². The van der Waals surface area contributed by atoms with E-state index in [9.17, 15) is 19.5 Å².